The van der Waals surface area contributed by atoms with Gasteiger partial charge in [0.15, 0.2) is 5.82 Å². The van der Waals surface area contributed by atoms with Crippen molar-refractivity contribution in [2.24, 2.45) is 0 Å². The summed E-state index contributed by atoms with van der Waals surface area (Å²) >= 11 is 6.95. The number of pyridine rings is 1. The molecule has 2 aromatic heterocycles. The normalized spacial score (nSPS) is 11.2. The largest absolute Gasteiger partial charge is 0.292 e. The Kier molecular flexibility index (Phi) is 5.24. The number of hydrogen-bond donors (Lipinski definition) is 0. The van der Waals surface area contributed by atoms with Crippen molar-refractivity contribution in [3.8, 4) is 0 Å². The van der Waals surface area contributed by atoms with Crippen molar-refractivity contribution in [2.45, 2.75) is 19.8 Å². The fraction of sp³-hybridized carbons (Fsp3) is 0.235. The molecule has 0 aliphatic heterocycles. The zero-order chi connectivity index (χ0) is 18.0. The molecule has 0 atom stereocenters. The van der Waals surface area contributed by atoms with E-state index >= 15 is 0 Å². The topological polar surface area (TPSA) is 46.1 Å². The molecule has 4 nitrogen and oxygen atoms in total. The minimum atomic E-state index is -2.47. The van der Waals surface area contributed by atoms with Gasteiger partial charge in [-0.1, -0.05) is 23.7 Å². The summed E-state index contributed by atoms with van der Waals surface area (Å²) in [7, 11) is 0. The van der Waals surface area contributed by atoms with Crippen LogP contribution >= 0.6 is 23.1 Å². The SMILES string of the molecule is CCN(C(=O)c1ccc(Cl)nc1)c1nsc2cccc(CC(F)F)c12. The quantitative estimate of drug-likeness (QED) is 0.595. The number of hydrogen-bond acceptors (Lipinski definition) is 4. The van der Waals surface area contributed by atoms with Gasteiger partial charge >= 0.3 is 0 Å². The lowest BCUT2D eigenvalue weighted by atomic mass is 10.1. The van der Waals surface area contributed by atoms with E-state index < -0.39 is 6.43 Å². The maximum Gasteiger partial charge on any atom is 0.261 e. The van der Waals surface area contributed by atoms with Gasteiger partial charge in [0, 0.05) is 24.5 Å². The first-order valence-electron chi connectivity index (χ1n) is 7.60. The fourth-order valence-corrected chi connectivity index (χ4v) is 3.55. The second-order valence-electron chi connectivity index (χ2n) is 5.31. The van der Waals surface area contributed by atoms with Crippen molar-refractivity contribution in [2.75, 3.05) is 11.4 Å². The van der Waals surface area contributed by atoms with E-state index in [-0.39, 0.29) is 17.5 Å². The second kappa shape index (κ2) is 7.41. The van der Waals surface area contributed by atoms with Crippen LogP contribution < -0.4 is 4.90 Å². The summed E-state index contributed by atoms with van der Waals surface area (Å²) in [6.45, 7) is 2.16. The Hall–Kier alpha value is -2.12. The summed E-state index contributed by atoms with van der Waals surface area (Å²) in [6, 6.07) is 8.30. The Morgan fingerprint density at radius 2 is 2.12 bits per heavy atom. The zero-order valence-electron chi connectivity index (χ0n) is 13.2. The van der Waals surface area contributed by atoms with Crippen LogP contribution in [0.1, 0.15) is 22.8 Å². The van der Waals surface area contributed by atoms with E-state index in [1.165, 1.54) is 28.7 Å². The van der Waals surface area contributed by atoms with E-state index in [9.17, 15) is 13.6 Å². The highest BCUT2D eigenvalue weighted by atomic mass is 35.5. The lowest BCUT2D eigenvalue weighted by Gasteiger charge is -2.19. The lowest BCUT2D eigenvalue weighted by Crippen LogP contribution is -2.31. The highest BCUT2D eigenvalue weighted by molar-refractivity contribution is 7.13. The molecule has 1 aromatic carbocycles. The van der Waals surface area contributed by atoms with Crippen LogP contribution in [0.2, 0.25) is 5.15 Å². The predicted octanol–water partition coefficient (Wildman–Crippen LogP) is 4.82. The molecule has 0 aliphatic rings. The predicted molar refractivity (Wildman–Crippen MR) is 95.9 cm³/mol. The first-order valence-corrected chi connectivity index (χ1v) is 8.75. The monoisotopic (exact) mass is 381 g/mol. The van der Waals surface area contributed by atoms with E-state index in [0.717, 1.165) is 4.70 Å². The molecule has 0 spiro atoms. The molecule has 0 saturated carbocycles. The van der Waals surface area contributed by atoms with E-state index in [0.29, 0.717) is 28.9 Å². The number of fused-ring (bicyclic) bond motifs is 1. The zero-order valence-corrected chi connectivity index (χ0v) is 14.8. The van der Waals surface area contributed by atoms with E-state index in [2.05, 4.69) is 9.36 Å². The van der Waals surface area contributed by atoms with Gasteiger partial charge in [0.05, 0.1) is 10.3 Å². The number of carbonyl (C=O) groups is 1. The van der Waals surface area contributed by atoms with Crippen LogP contribution in [0.25, 0.3) is 10.1 Å². The number of aromatic nitrogens is 2. The Labute approximate surface area is 152 Å². The average Bonchev–Trinajstić information content (AvgIpc) is 3.01. The van der Waals surface area contributed by atoms with Crippen LogP contribution in [-0.4, -0.2) is 28.2 Å². The number of alkyl halides is 2. The Morgan fingerprint density at radius 1 is 1.32 bits per heavy atom. The van der Waals surface area contributed by atoms with Gasteiger partial charge < -0.3 is 0 Å². The first-order chi connectivity index (χ1) is 12.0. The maximum absolute atomic E-state index is 12.9. The molecule has 3 rings (SSSR count). The second-order valence-corrected chi connectivity index (χ2v) is 6.50. The first kappa shape index (κ1) is 17.7. The number of carbonyl (C=O) groups excluding carboxylic acids is 1. The van der Waals surface area contributed by atoms with Crippen LogP contribution in [-0.2, 0) is 6.42 Å². The van der Waals surface area contributed by atoms with Crippen molar-refractivity contribution in [3.63, 3.8) is 0 Å². The molecule has 8 heteroatoms. The van der Waals surface area contributed by atoms with Crippen molar-refractivity contribution < 1.29 is 13.6 Å². The maximum atomic E-state index is 12.9. The summed E-state index contributed by atoms with van der Waals surface area (Å²) in [5, 5.41) is 0.892. The van der Waals surface area contributed by atoms with E-state index in [1.807, 2.05) is 13.0 Å². The molecule has 2 heterocycles. The number of nitrogens with zero attached hydrogens (tertiary/aromatic N) is 3. The molecule has 0 radical (unpaired) electrons. The average molecular weight is 382 g/mol. The van der Waals surface area contributed by atoms with Gasteiger partial charge in [-0.05, 0) is 42.2 Å². The molecule has 0 aliphatic carbocycles. The third-order valence-electron chi connectivity index (χ3n) is 3.73. The van der Waals surface area contributed by atoms with Crippen LogP contribution in [0.5, 0.6) is 0 Å². The van der Waals surface area contributed by atoms with Gasteiger partial charge in [-0.15, -0.1) is 0 Å². The van der Waals surface area contributed by atoms with Crippen LogP contribution in [0, 0.1) is 0 Å². The Morgan fingerprint density at radius 3 is 2.76 bits per heavy atom. The van der Waals surface area contributed by atoms with Crippen LogP contribution in [0.15, 0.2) is 36.5 Å². The summed E-state index contributed by atoms with van der Waals surface area (Å²) in [5.74, 6) is 0.101. The van der Waals surface area contributed by atoms with Crippen molar-refractivity contribution in [3.05, 3.63) is 52.8 Å². The molecule has 1 amide bonds. The molecule has 0 bridgehead atoms. The number of halogens is 3. The van der Waals surface area contributed by atoms with Gasteiger partial charge in [-0.25, -0.2) is 13.8 Å². The van der Waals surface area contributed by atoms with E-state index in [4.69, 9.17) is 11.6 Å². The minimum Gasteiger partial charge on any atom is -0.292 e. The van der Waals surface area contributed by atoms with Crippen LogP contribution in [0.4, 0.5) is 14.6 Å². The third kappa shape index (κ3) is 3.62. The molecule has 0 N–H and O–H groups in total. The van der Waals surface area contributed by atoms with Gasteiger partial charge in [-0.2, -0.15) is 4.37 Å². The summed E-state index contributed by atoms with van der Waals surface area (Å²) in [4.78, 5) is 18.2. The summed E-state index contributed by atoms with van der Waals surface area (Å²) in [6.07, 6.45) is -1.46. The van der Waals surface area contributed by atoms with Crippen molar-refractivity contribution in [1.82, 2.24) is 9.36 Å². The van der Waals surface area contributed by atoms with Crippen molar-refractivity contribution in [1.29, 1.82) is 0 Å². The van der Waals surface area contributed by atoms with Gasteiger partial charge in [0.2, 0.25) is 6.43 Å². The smallest absolute Gasteiger partial charge is 0.261 e. The van der Waals surface area contributed by atoms with Crippen LogP contribution in [0.3, 0.4) is 0 Å². The number of benzene rings is 1. The minimum absolute atomic E-state index is 0.290. The standard InChI is InChI=1S/C17H14ClF2N3OS/c1-2-23(17(24)11-6-7-13(18)21-9-11)16-15-10(8-14(19)20)4-3-5-12(15)25-22-16/h3-7,9,14H,2,8H2,1H3. The van der Waals surface area contributed by atoms with Crippen molar-refractivity contribution >= 4 is 44.9 Å². The molecule has 3 aromatic rings. The fourth-order valence-electron chi connectivity index (χ4n) is 2.61. The number of rotatable bonds is 5. The molecule has 0 unspecified atom stereocenters. The summed E-state index contributed by atoms with van der Waals surface area (Å²) < 4.78 is 31.0. The number of amides is 1. The van der Waals surface area contributed by atoms with E-state index in [1.54, 1.807) is 18.2 Å². The van der Waals surface area contributed by atoms with Gasteiger partial charge in [0.25, 0.3) is 5.91 Å². The molecular formula is C17H14ClF2N3OS. The lowest BCUT2D eigenvalue weighted by molar-refractivity contribution is 0.0987. The summed E-state index contributed by atoms with van der Waals surface area (Å²) in [5.41, 5.74) is 0.843. The number of anilines is 1. The molecule has 0 saturated heterocycles. The van der Waals surface area contributed by atoms with Gasteiger partial charge in [0.1, 0.15) is 5.15 Å². The third-order valence-corrected chi connectivity index (χ3v) is 4.76. The Balaban J connectivity index is 2.06. The molecule has 25 heavy (non-hydrogen) atoms. The van der Waals surface area contributed by atoms with Gasteiger partial charge in [-0.3, -0.25) is 9.69 Å². The molecule has 130 valence electrons. The highest BCUT2D eigenvalue weighted by Crippen LogP contribution is 2.34. The Bertz CT molecular complexity index is 899. The molecule has 0 fully saturated rings. The highest BCUT2D eigenvalue weighted by Gasteiger charge is 2.23. The molecular weight excluding hydrogens is 368 g/mol.